The van der Waals surface area contributed by atoms with E-state index in [0.717, 1.165) is 0 Å². The molecule has 1 N–H and O–H groups in total. The Balaban J connectivity index is 2.37. The molecule has 0 bridgehead atoms. The maximum atomic E-state index is 13.8. The molecule has 1 aromatic heterocycles. The van der Waals surface area contributed by atoms with Gasteiger partial charge in [0.25, 0.3) is 0 Å². The van der Waals surface area contributed by atoms with Crippen LogP contribution in [0.2, 0.25) is 0 Å². The second kappa shape index (κ2) is 6.06. The number of nitrogens with zero attached hydrogens (tertiary/aromatic N) is 1. The van der Waals surface area contributed by atoms with Gasteiger partial charge in [0.15, 0.2) is 0 Å². The maximum absolute atomic E-state index is 13.8. The molecule has 1 atom stereocenters. The quantitative estimate of drug-likeness (QED) is 0.870. The predicted octanol–water partition coefficient (Wildman–Crippen LogP) is 4.88. The molecule has 2 nitrogen and oxygen atoms in total. The Morgan fingerprint density at radius 3 is 2.65 bits per heavy atom. The van der Waals surface area contributed by atoms with Gasteiger partial charge in [0.2, 0.25) is 0 Å². The molecule has 1 heterocycles. The number of nitriles is 1. The molecule has 2 rings (SSSR count). The summed E-state index contributed by atoms with van der Waals surface area (Å²) in [6, 6.07) is 9.17. The monoisotopic (exact) mass is 288 g/mol. The SMILES string of the molecule is Cc1c(F)cc(C#N)cc1NC(c1cccs1)C(C)C. The van der Waals surface area contributed by atoms with Crippen LogP contribution in [0.3, 0.4) is 0 Å². The summed E-state index contributed by atoms with van der Waals surface area (Å²) in [6.07, 6.45) is 0. The highest BCUT2D eigenvalue weighted by atomic mass is 32.1. The minimum absolute atomic E-state index is 0.113. The van der Waals surface area contributed by atoms with E-state index in [4.69, 9.17) is 5.26 Å². The van der Waals surface area contributed by atoms with E-state index in [0.29, 0.717) is 22.7 Å². The second-order valence-electron chi connectivity index (χ2n) is 5.12. The van der Waals surface area contributed by atoms with Crippen molar-refractivity contribution in [2.24, 2.45) is 5.92 Å². The molecular weight excluding hydrogens is 271 g/mol. The highest BCUT2D eigenvalue weighted by molar-refractivity contribution is 7.10. The molecule has 0 fully saturated rings. The van der Waals surface area contributed by atoms with Gasteiger partial charge in [0, 0.05) is 16.1 Å². The van der Waals surface area contributed by atoms with Crippen molar-refractivity contribution in [3.63, 3.8) is 0 Å². The number of benzene rings is 1. The van der Waals surface area contributed by atoms with E-state index in [9.17, 15) is 4.39 Å². The van der Waals surface area contributed by atoms with Gasteiger partial charge in [-0.15, -0.1) is 11.3 Å². The number of thiophene rings is 1. The summed E-state index contributed by atoms with van der Waals surface area (Å²) < 4.78 is 13.8. The molecule has 0 saturated carbocycles. The van der Waals surface area contributed by atoms with E-state index < -0.39 is 0 Å². The van der Waals surface area contributed by atoms with E-state index in [2.05, 4.69) is 25.2 Å². The van der Waals surface area contributed by atoms with E-state index in [1.54, 1.807) is 24.3 Å². The molecular formula is C16H17FN2S. The Morgan fingerprint density at radius 2 is 2.10 bits per heavy atom. The number of halogens is 1. The van der Waals surface area contributed by atoms with Crippen LogP contribution in [0.1, 0.15) is 35.9 Å². The van der Waals surface area contributed by atoms with Crippen LogP contribution >= 0.6 is 11.3 Å². The largest absolute Gasteiger partial charge is 0.377 e. The van der Waals surface area contributed by atoms with E-state index in [1.807, 2.05) is 17.5 Å². The molecule has 0 spiro atoms. The highest BCUT2D eigenvalue weighted by Crippen LogP contribution is 2.32. The molecule has 1 unspecified atom stereocenters. The van der Waals surface area contributed by atoms with Gasteiger partial charge in [-0.25, -0.2) is 4.39 Å². The van der Waals surface area contributed by atoms with Crippen LogP contribution in [-0.4, -0.2) is 0 Å². The molecule has 0 radical (unpaired) electrons. The Kier molecular flexibility index (Phi) is 4.41. The van der Waals surface area contributed by atoms with E-state index in [1.165, 1.54) is 10.9 Å². The fraction of sp³-hybridized carbons (Fsp3) is 0.312. The van der Waals surface area contributed by atoms with Crippen LogP contribution in [-0.2, 0) is 0 Å². The number of anilines is 1. The van der Waals surface area contributed by atoms with Crippen molar-refractivity contribution in [3.8, 4) is 6.07 Å². The first-order valence-corrected chi connectivity index (χ1v) is 7.41. The van der Waals surface area contributed by atoms with Crippen molar-refractivity contribution in [1.29, 1.82) is 5.26 Å². The van der Waals surface area contributed by atoms with Crippen LogP contribution in [0.5, 0.6) is 0 Å². The zero-order chi connectivity index (χ0) is 14.7. The predicted molar refractivity (Wildman–Crippen MR) is 81.4 cm³/mol. The van der Waals surface area contributed by atoms with Gasteiger partial charge in [-0.1, -0.05) is 19.9 Å². The lowest BCUT2D eigenvalue weighted by molar-refractivity contribution is 0.552. The third-order valence-electron chi connectivity index (χ3n) is 3.30. The minimum Gasteiger partial charge on any atom is -0.377 e. The van der Waals surface area contributed by atoms with Crippen molar-refractivity contribution in [1.82, 2.24) is 0 Å². The third-order valence-corrected chi connectivity index (χ3v) is 4.26. The molecule has 2 aromatic rings. The molecule has 0 aliphatic carbocycles. The molecule has 0 saturated heterocycles. The van der Waals surface area contributed by atoms with Crippen LogP contribution in [0.15, 0.2) is 29.6 Å². The van der Waals surface area contributed by atoms with E-state index >= 15 is 0 Å². The molecule has 20 heavy (non-hydrogen) atoms. The van der Waals surface area contributed by atoms with Gasteiger partial charge in [0.1, 0.15) is 5.82 Å². The van der Waals surface area contributed by atoms with Gasteiger partial charge < -0.3 is 5.32 Å². The number of hydrogen-bond acceptors (Lipinski definition) is 3. The van der Waals surface area contributed by atoms with E-state index in [-0.39, 0.29) is 11.9 Å². The Bertz CT molecular complexity index is 627. The number of hydrogen-bond donors (Lipinski definition) is 1. The molecule has 0 aliphatic heterocycles. The van der Waals surface area contributed by atoms with Gasteiger partial charge in [-0.3, -0.25) is 0 Å². The smallest absolute Gasteiger partial charge is 0.129 e. The van der Waals surface area contributed by atoms with Crippen molar-refractivity contribution in [3.05, 3.63) is 51.5 Å². The normalized spacial score (nSPS) is 12.2. The number of rotatable bonds is 4. The zero-order valence-electron chi connectivity index (χ0n) is 11.8. The maximum Gasteiger partial charge on any atom is 0.129 e. The summed E-state index contributed by atoms with van der Waals surface area (Å²) in [5, 5.41) is 14.4. The summed E-state index contributed by atoms with van der Waals surface area (Å²) in [5.41, 5.74) is 1.57. The Labute approximate surface area is 122 Å². The van der Waals surface area contributed by atoms with Crippen LogP contribution in [0.4, 0.5) is 10.1 Å². The molecule has 0 aliphatic rings. The summed E-state index contributed by atoms with van der Waals surface area (Å²) in [7, 11) is 0. The summed E-state index contributed by atoms with van der Waals surface area (Å²) >= 11 is 1.68. The van der Waals surface area contributed by atoms with Crippen molar-refractivity contribution in [2.45, 2.75) is 26.8 Å². The zero-order valence-corrected chi connectivity index (χ0v) is 12.6. The van der Waals surface area contributed by atoms with Crippen molar-refractivity contribution < 1.29 is 4.39 Å². The average molecular weight is 288 g/mol. The van der Waals surface area contributed by atoms with Gasteiger partial charge in [0.05, 0.1) is 17.7 Å². The summed E-state index contributed by atoms with van der Waals surface area (Å²) in [6.45, 7) is 5.97. The fourth-order valence-electron chi connectivity index (χ4n) is 2.10. The second-order valence-corrected chi connectivity index (χ2v) is 6.10. The molecule has 0 amide bonds. The first kappa shape index (κ1) is 14.5. The lowest BCUT2D eigenvalue weighted by Gasteiger charge is -2.24. The van der Waals surface area contributed by atoms with Crippen LogP contribution < -0.4 is 5.32 Å². The molecule has 104 valence electrons. The van der Waals surface area contributed by atoms with Crippen molar-refractivity contribution in [2.75, 3.05) is 5.32 Å². The van der Waals surface area contributed by atoms with Crippen LogP contribution in [0.25, 0.3) is 0 Å². The summed E-state index contributed by atoms with van der Waals surface area (Å²) in [4.78, 5) is 1.21. The molecule has 1 aromatic carbocycles. The van der Waals surface area contributed by atoms with Crippen molar-refractivity contribution >= 4 is 17.0 Å². The van der Waals surface area contributed by atoms with Gasteiger partial charge in [-0.05, 0) is 36.4 Å². The highest BCUT2D eigenvalue weighted by Gasteiger charge is 2.18. The average Bonchev–Trinajstić information content (AvgIpc) is 2.93. The summed E-state index contributed by atoms with van der Waals surface area (Å²) in [5.74, 6) is 0.0158. The van der Waals surface area contributed by atoms with Gasteiger partial charge >= 0.3 is 0 Å². The Morgan fingerprint density at radius 1 is 1.35 bits per heavy atom. The molecule has 4 heteroatoms. The fourth-order valence-corrected chi connectivity index (χ4v) is 3.04. The topological polar surface area (TPSA) is 35.8 Å². The third kappa shape index (κ3) is 3.00. The first-order valence-electron chi connectivity index (χ1n) is 6.53. The van der Waals surface area contributed by atoms with Crippen LogP contribution in [0, 0.1) is 30.0 Å². The number of nitrogens with one attached hydrogen (secondary N) is 1. The lowest BCUT2D eigenvalue weighted by Crippen LogP contribution is -2.16. The minimum atomic E-state index is -0.347. The first-order chi connectivity index (χ1) is 9.52. The Hall–Kier alpha value is -1.86. The standard InChI is InChI=1S/C16H17FN2S/c1-10(2)16(15-5-4-6-20-15)19-14-8-12(9-18)7-13(17)11(14)3/h4-8,10,16,19H,1-3H3. The lowest BCUT2D eigenvalue weighted by atomic mass is 10.0. The van der Waals surface area contributed by atoms with Gasteiger partial charge in [-0.2, -0.15) is 5.26 Å².